The molecule has 0 saturated carbocycles. The van der Waals surface area contributed by atoms with E-state index in [1.54, 1.807) is 18.2 Å². The minimum Gasteiger partial charge on any atom is -0.494 e. The van der Waals surface area contributed by atoms with Crippen LogP contribution >= 0.6 is 0 Å². The number of nitrogens with one attached hydrogen (secondary N) is 1. The van der Waals surface area contributed by atoms with Gasteiger partial charge in [0.1, 0.15) is 5.75 Å². The molecule has 2 rings (SSSR count). The van der Waals surface area contributed by atoms with Crippen molar-refractivity contribution in [3.8, 4) is 17.1 Å². The molecule has 14 heavy (non-hydrogen) atoms. The lowest BCUT2D eigenvalue weighted by Gasteiger charge is -1.96. The third kappa shape index (κ3) is 1.59. The molecule has 2 aliphatic rings. The van der Waals surface area contributed by atoms with Crippen LogP contribution in [0.3, 0.4) is 0 Å². The number of aromatic amines is 1. The second-order valence-corrected chi connectivity index (χ2v) is 2.84. The highest BCUT2D eigenvalue weighted by Crippen LogP contribution is 2.17. The van der Waals surface area contributed by atoms with Crippen molar-refractivity contribution in [1.29, 1.82) is 0 Å². The zero-order valence-corrected chi connectivity index (χ0v) is 7.78. The molecule has 0 aromatic carbocycles. The SMILES string of the molecule is CCOc1ccc2nc(=O)[nH]c-2cc1. The minimum atomic E-state index is -0.316. The van der Waals surface area contributed by atoms with Crippen LogP contribution in [0.2, 0.25) is 0 Å². The molecule has 72 valence electrons. The summed E-state index contributed by atoms with van der Waals surface area (Å²) in [4.78, 5) is 17.3. The predicted molar refractivity (Wildman–Crippen MR) is 52.6 cm³/mol. The van der Waals surface area contributed by atoms with Gasteiger partial charge in [0.05, 0.1) is 18.0 Å². The monoisotopic (exact) mass is 190 g/mol. The average Bonchev–Trinajstić information content (AvgIpc) is 2.42. The van der Waals surface area contributed by atoms with Crippen LogP contribution in [0.1, 0.15) is 6.92 Å². The van der Waals surface area contributed by atoms with Crippen LogP contribution in [0.15, 0.2) is 29.1 Å². The fourth-order valence-electron chi connectivity index (χ4n) is 1.28. The van der Waals surface area contributed by atoms with Gasteiger partial charge in [-0.05, 0) is 31.2 Å². The fourth-order valence-corrected chi connectivity index (χ4v) is 1.28. The van der Waals surface area contributed by atoms with Crippen molar-refractivity contribution in [2.24, 2.45) is 0 Å². The molecule has 0 saturated heterocycles. The third-order valence-electron chi connectivity index (χ3n) is 1.87. The number of hydrogen-bond donors (Lipinski definition) is 1. The molecule has 4 heteroatoms. The first kappa shape index (κ1) is 8.74. The molecule has 0 aromatic heterocycles. The van der Waals surface area contributed by atoms with Crippen molar-refractivity contribution in [2.75, 3.05) is 6.61 Å². The van der Waals surface area contributed by atoms with E-state index >= 15 is 0 Å². The van der Waals surface area contributed by atoms with E-state index < -0.39 is 0 Å². The highest BCUT2D eigenvalue weighted by molar-refractivity contribution is 5.55. The number of H-pyrrole nitrogens is 1. The highest BCUT2D eigenvalue weighted by Gasteiger charge is 2.04. The zero-order valence-electron chi connectivity index (χ0n) is 7.78. The van der Waals surface area contributed by atoms with Gasteiger partial charge in [-0.1, -0.05) is 0 Å². The Morgan fingerprint density at radius 1 is 1.36 bits per heavy atom. The van der Waals surface area contributed by atoms with Gasteiger partial charge in [-0.3, -0.25) is 0 Å². The van der Waals surface area contributed by atoms with Gasteiger partial charge in [0, 0.05) is 0 Å². The Hall–Kier alpha value is -1.84. The highest BCUT2D eigenvalue weighted by atomic mass is 16.5. The summed E-state index contributed by atoms with van der Waals surface area (Å²) in [6.45, 7) is 2.55. The molecule has 4 nitrogen and oxygen atoms in total. The molecule has 0 spiro atoms. The molecule has 0 amide bonds. The van der Waals surface area contributed by atoms with Crippen LogP contribution in [0.5, 0.6) is 5.75 Å². The van der Waals surface area contributed by atoms with Gasteiger partial charge in [0.15, 0.2) is 0 Å². The van der Waals surface area contributed by atoms with E-state index in [1.807, 2.05) is 13.0 Å². The molecule has 0 radical (unpaired) electrons. The molecular weight excluding hydrogens is 180 g/mol. The van der Waals surface area contributed by atoms with E-state index in [4.69, 9.17) is 4.74 Å². The van der Waals surface area contributed by atoms with Gasteiger partial charge in [0.2, 0.25) is 0 Å². The molecule has 0 aromatic rings. The van der Waals surface area contributed by atoms with Crippen LogP contribution in [-0.4, -0.2) is 16.6 Å². The molecule has 1 heterocycles. The maximum Gasteiger partial charge on any atom is 0.346 e. The summed E-state index contributed by atoms with van der Waals surface area (Å²) in [7, 11) is 0. The minimum absolute atomic E-state index is 0.316. The third-order valence-corrected chi connectivity index (χ3v) is 1.87. The fraction of sp³-hybridized carbons (Fsp3) is 0.200. The predicted octanol–water partition coefficient (Wildman–Crippen LogP) is 1.27. The summed E-state index contributed by atoms with van der Waals surface area (Å²) in [6, 6.07) is 7.16. The molecule has 1 N–H and O–H groups in total. The number of fused-ring (bicyclic) bond motifs is 1. The Kier molecular flexibility index (Phi) is 2.18. The van der Waals surface area contributed by atoms with Gasteiger partial charge in [-0.25, -0.2) is 4.79 Å². The van der Waals surface area contributed by atoms with Crippen molar-refractivity contribution in [3.63, 3.8) is 0 Å². The van der Waals surface area contributed by atoms with Crippen molar-refractivity contribution in [1.82, 2.24) is 9.97 Å². The number of imidazole rings is 1. The molecule has 0 fully saturated rings. The molecular formula is C10H10N2O2. The van der Waals surface area contributed by atoms with Crippen molar-refractivity contribution in [2.45, 2.75) is 6.92 Å². The van der Waals surface area contributed by atoms with Gasteiger partial charge >= 0.3 is 5.69 Å². The van der Waals surface area contributed by atoms with Gasteiger partial charge in [-0.15, -0.1) is 0 Å². The van der Waals surface area contributed by atoms with E-state index in [1.165, 1.54) is 0 Å². The average molecular weight is 190 g/mol. The lowest BCUT2D eigenvalue weighted by Crippen LogP contribution is -1.98. The number of hydrogen-bond acceptors (Lipinski definition) is 3. The first-order chi connectivity index (χ1) is 6.79. The lowest BCUT2D eigenvalue weighted by molar-refractivity contribution is 0.340. The summed E-state index contributed by atoms with van der Waals surface area (Å²) in [5.74, 6) is 0.770. The summed E-state index contributed by atoms with van der Waals surface area (Å²) < 4.78 is 5.32. The number of nitrogens with zero attached hydrogens (tertiary/aromatic N) is 1. The number of aromatic nitrogens is 2. The lowest BCUT2D eigenvalue weighted by atomic mass is 10.3. The molecule has 0 unspecified atom stereocenters. The van der Waals surface area contributed by atoms with E-state index in [-0.39, 0.29) is 5.69 Å². The van der Waals surface area contributed by atoms with Crippen LogP contribution in [0.4, 0.5) is 0 Å². The molecule has 0 atom stereocenters. The smallest absolute Gasteiger partial charge is 0.346 e. The first-order valence-electron chi connectivity index (χ1n) is 4.42. The Labute approximate surface area is 80.9 Å². The number of rotatable bonds is 2. The normalized spacial score (nSPS) is 10.4. The van der Waals surface area contributed by atoms with E-state index in [0.29, 0.717) is 12.3 Å². The van der Waals surface area contributed by atoms with E-state index in [0.717, 1.165) is 11.4 Å². The summed E-state index contributed by atoms with van der Waals surface area (Å²) in [5, 5.41) is 0. The standard InChI is InChI=1S/C10H10N2O2/c1-2-14-7-3-5-8-9(6-4-7)12-10(13)11-8/h3-6H,2H2,1H3,(H,11,12,13). The molecule has 0 bridgehead atoms. The Morgan fingerprint density at radius 2 is 2.14 bits per heavy atom. The van der Waals surface area contributed by atoms with Crippen LogP contribution in [0, 0.1) is 0 Å². The van der Waals surface area contributed by atoms with E-state index in [9.17, 15) is 4.79 Å². The second-order valence-electron chi connectivity index (χ2n) is 2.84. The van der Waals surface area contributed by atoms with Gasteiger partial charge in [-0.2, -0.15) is 4.98 Å². The zero-order chi connectivity index (χ0) is 9.97. The summed E-state index contributed by atoms with van der Waals surface area (Å²) >= 11 is 0. The maximum atomic E-state index is 10.9. The quantitative estimate of drug-likeness (QED) is 0.775. The summed E-state index contributed by atoms with van der Waals surface area (Å²) in [5.41, 5.74) is 1.06. The topological polar surface area (TPSA) is 55.0 Å². The first-order valence-corrected chi connectivity index (χ1v) is 4.42. The van der Waals surface area contributed by atoms with Gasteiger partial charge < -0.3 is 9.72 Å². The van der Waals surface area contributed by atoms with Crippen molar-refractivity contribution in [3.05, 3.63) is 34.7 Å². The number of ether oxygens (including phenoxy) is 1. The van der Waals surface area contributed by atoms with E-state index in [2.05, 4.69) is 9.97 Å². The Bertz CT molecular complexity index is 427. The van der Waals surface area contributed by atoms with Crippen LogP contribution in [-0.2, 0) is 0 Å². The van der Waals surface area contributed by atoms with Crippen LogP contribution in [0.25, 0.3) is 11.4 Å². The second kappa shape index (κ2) is 3.49. The van der Waals surface area contributed by atoms with Gasteiger partial charge in [0.25, 0.3) is 0 Å². The summed E-state index contributed by atoms with van der Waals surface area (Å²) in [6.07, 6.45) is 0. The maximum absolute atomic E-state index is 10.9. The van der Waals surface area contributed by atoms with Crippen LogP contribution < -0.4 is 10.4 Å². The Morgan fingerprint density at radius 3 is 2.93 bits per heavy atom. The molecule has 1 aliphatic heterocycles. The molecule has 1 aliphatic carbocycles. The van der Waals surface area contributed by atoms with Crippen molar-refractivity contribution < 1.29 is 4.74 Å². The Balaban J connectivity index is 2.50. The van der Waals surface area contributed by atoms with Crippen molar-refractivity contribution >= 4 is 0 Å². The largest absolute Gasteiger partial charge is 0.494 e.